The van der Waals surface area contributed by atoms with Crippen LogP contribution in [-0.4, -0.2) is 10.5 Å². The summed E-state index contributed by atoms with van der Waals surface area (Å²) in [6, 6.07) is 7.05. The molecule has 4 fully saturated rings. The van der Waals surface area contributed by atoms with E-state index in [-0.39, 0.29) is 16.1 Å². The maximum atomic E-state index is 10.9. The first-order chi connectivity index (χ1) is 10.8. The van der Waals surface area contributed by atoms with Crippen molar-refractivity contribution in [1.29, 1.82) is 0 Å². The van der Waals surface area contributed by atoms with E-state index in [1.165, 1.54) is 38.5 Å². The highest BCUT2D eigenvalue weighted by Gasteiger charge is 2.59. The Morgan fingerprint density at radius 2 is 1.87 bits per heavy atom. The Bertz CT molecular complexity index is 639. The quantitative estimate of drug-likeness (QED) is 0.660. The second-order valence-corrected chi connectivity index (χ2v) is 9.19. The van der Waals surface area contributed by atoms with Crippen molar-refractivity contribution in [1.82, 2.24) is 5.32 Å². The summed E-state index contributed by atoms with van der Waals surface area (Å²) in [5.74, 6) is 0.860. The number of non-ortho nitro benzene ring substituents is 1. The maximum absolute atomic E-state index is 10.9. The van der Waals surface area contributed by atoms with Crippen LogP contribution < -0.4 is 5.32 Å². The van der Waals surface area contributed by atoms with Crippen LogP contribution in [0.5, 0.6) is 0 Å². The van der Waals surface area contributed by atoms with Gasteiger partial charge in [0.15, 0.2) is 0 Å². The van der Waals surface area contributed by atoms with Crippen LogP contribution in [0.2, 0.25) is 0 Å². The fourth-order valence-electron chi connectivity index (χ4n) is 6.71. The van der Waals surface area contributed by atoms with Crippen molar-refractivity contribution >= 4 is 5.69 Å². The van der Waals surface area contributed by atoms with Gasteiger partial charge in [-0.2, -0.15) is 0 Å². The average molecular weight is 314 g/mol. The third-order valence-electron chi connectivity index (χ3n) is 6.42. The summed E-state index contributed by atoms with van der Waals surface area (Å²) in [4.78, 5) is 10.6. The second-order valence-electron chi connectivity index (χ2n) is 9.19. The lowest BCUT2D eigenvalue weighted by Crippen LogP contribution is -2.63. The Morgan fingerprint density at radius 3 is 2.48 bits per heavy atom. The molecule has 4 bridgehead atoms. The van der Waals surface area contributed by atoms with Gasteiger partial charge in [-0.3, -0.25) is 10.1 Å². The number of nitrogens with zero attached hydrogens (tertiary/aromatic N) is 1. The van der Waals surface area contributed by atoms with Crippen LogP contribution in [0.15, 0.2) is 24.3 Å². The van der Waals surface area contributed by atoms with Gasteiger partial charge >= 0.3 is 0 Å². The van der Waals surface area contributed by atoms with Gasteiger partial charge in [0.05, 0.1) is 4.92 Å². The minimum Gasteiger partial charge on any atom is -0.307 e. The van der Waals surface area contributed by atoms with Crippen molar-refractivity contribution in [2.24, 2.45) is 16.7 Å². The van der Waals surface area contributed by atoms with Gasteiger partial charge in [0.1, 0.15) is 0 Å². The Kier molecular flexibility index (Phi) is 3.15. The molecule has 0 aromatic heterocycles. The Balaban J connectivity index is 1.53. The normalized spacial score (nSPS) is 41.2. The molecular formula is C19H26N2O2. The molecule has 4 saturated carbocycles. The molecule has 5 rings (SSSR count). The van der Waals surface area contributed by atoms with Crippen LogP contribution in [0.25, 0.3) is 0 Å². The maximum Gasteiger partial charge on any atom is 0.269 e. The molecule has 0 aliphatic heterocycles. The van der Waals surface area contributed by atoms with E-state index >= 15 is 0 Å². The highest BCUT2D eigenvalue weighted by atomic mass is 16.6. The summed E-state index contributed by atoms with van der Waals surface area (Å²) in [6.45, 7) is 5.68. The lowest BCUT2D eigenvalue weighted by molar-refractivity contribution is -0.384. The Labute approximate surface area is 137 Å². The smallest absolute Gasteiger partial charge is 0.269 e. The van der Waals surface area contributed by atoms with Crippen LogP contribution >= 0.6 is 0 Å². The SMILES string of the molecule is C[C@]12CC3CC(NCc4cccc([N+](=O)[O-])c4)(C1)C[C@@](C)(C3)C2. The predicted molar refractivity (Wildman–Crippen MR) is 90.1 cm³/mol. The molecule has 0 radical (unpaired) electrons. The van der Waals surface area contributed by atoms with Crippen molar-refractivity contribution in [3.05, 3.63) is 39.9 Å². The zero-order valence-corrected chi connectivity index (χ0v) is 14.1. The molecule has 0 spiro atoms. The van der Waals surface area contributed by atoms with Crippen molar-refractivity contribution in [3.8, 4) is 0 Å². The average Bonchev–Trinajstić information content (AvgIpc) is 2.42. The van der Waals surface area contributed by atoms with E-state index in [9.17, 15) is 10.1 Å². The fraction of sp³-hybridized carbons (Fsp3) is 0.684. The fourth-order valence-corrected chi connectivity index (χ4v) is 6.71. The van der Waals surface area contributed by atoms with E-state index in [0.717, 1.165) is 18.0 Å². The molecule has 23 heavy (non-hydrogen) atoms. The van der Waals surface area contributed by atoms with Crippen LogP contribution in [0, 0.1) is 26.9 Å². The zero-order valence-electron chi connectivity index (χ0n) is 14.1. The number of nitrogens with one attached hydrogen (secondary N) is 1. The van der Waals surface area contributed by atoms with Crippen LogP contribution in [0.3, 0.4) is 0 Å². The largest absolute Gasteiger partial charge is 0.307 e. The summed E-state index contributed by atoms with van der Waals surface area (Å²) in [5, 5.41) is 14.8. The molecule has 4 aliphatic rings. The topological polar surface area (TPSA) is 55.2 Å². The van der Waals surface area contributed by atoms with E-state index in [4.69, 9.17) is 0 Å². The molecule has 124 valence electrons. The van der Waals surface area contributed by atoms with Gasteiger partial charge < -0.3 is 5.32 Å². The van der Waals surface area contributed by atoms with Crippen LogP contribution in [-0.2, 0) is 6.54 Å². The molecule has 0 heterocycles. The van der Waals surface area contributed by atoms with Crippen molar-refractivity contribution < 1.29 is 4.92 Å². The number of rotatable bonds is 4. The van der Waals surface area contributed by atoms with Gasteiger partial charge in [-0.05, 0) is 60.8 Å². The summed E-state index contributed by atoms with van der Waals surface area (Å²) in [5.41, 5.74) is 2.43. The first kappa shape index (κ1) is 15.1. The minimum atomic E-state index is -0.309. The molecule has 1 aromatic rings. The predicted octanol–water partition coefficient (Wildman–Crippen LogP) is 4.43. The van der Waals surface area contributed by atoms with Gasteiger partial charge in [-0.25, -0.2) is 0 Å². The van der Waals surface area contributed by atoms with Crippen molar-refractivity contribution in [2.75, 3.05) is 0 Å². The molecule has 4 aliphatic carbocycles. The van der Waals surface area contributed by atoms with Gasteiger partial charge in [-0.1, -0.05) is 26.0 Å². The number of nitro benzene ring substituents is 1. The molecule has 4 heteroatoms. The summed E-state index contributed by atoms with van der Waals surface area (Å²) in [6.07, 6.45) is 7.97. The van der Waals surface area contributed by atoms with E-state index < -0.39 is 0 Å². The molecule has 4 atom stereocenters. The molecule has 2 unspecified atom stereocenters. The molecular weight excluding hydrogens is 288 g/mol. The summed E-state index contributed by atoms with van der Waals surface area (Å²) >= 11 is 0. The number of nitro groups is 1. The highest BCUT2D eigenvalue weighted by Crippen LogP contribution is 2.66. The highest BCUT2D eigenvalue weighted by molar-refractivity contribution is 5.34. The lowest BCUT2D eigenvalue weighted by atomic mass is 9.43. The van der Waals surface area contributed by atoms with Crippen molar-refractivity contribution in [2.45, 2.75) is 64.5 Å². The van der Waals surface area contributed by atoms with Crippen LogP contribution in [0.4, 0.5) is 5.69 Å². The number of hydrogen-bond acceptors (Lipinski definition) is 3. The molecule has 1 aromatic carbocycles. The van der Waals surface area contributed by atoms with Gasteiger partial charge in [0.25, 0.3) is 5.69 Å². The zero-order chi connectivity index (χ0) is 16.3. The third kappa shape index (κ3) is 2.67. The number of benzene rings is 1. The first-order valence-electron chi connectivity index (χ1n) is 8.77. The van der Waals surface area contributed by atoms with Gasteiger partial charge in [0.2, 0.25) is 0 Å². The number of hydrogen-bond donors (Lipinski definition) is 1. The monoisotopic (exact) mass is 314 g/mol. The standard InChI is InChI=1S/C19H26N2O2/c1-17-7-15-8-18(2,11-17)13-19(9-15,12-17)20-10-14-4-3-5-16(6-14)21(22)23/h3-6,15,20H,7-13H2,1-2H3/t15?,17-,18+,19?. The third-order valence-corrected chi connectivity index (χ3v) is 6.42. The minimum absolute atomic E-state index is 0.189. The first-order valence-corrected chi connectivity index (χ1v) is 8.77. The van der Waals surface area contributed by atoms with Gasteiger partial charge in [0, 0.05) is 24.2 Å². The Morgan fingerprint density at radius 1 is 1.17 bits per heavy atom. The van der Waals surface area contributed by atoms with E-state index in [1.54, 1.807) is 18.2 Å². The van der Waals surface area contributed by atoms with E-state index in [2.05, 4.69) is 19.2 Å². The molecule has 1 N–H and O–H groups in total. The lowest BCUT2D eigenvalue weighted by Gasteiger charge is -2.65. The van der Waals surface area contributed by atoms with E-state index in [0.29, 0.717) is 10.8 Å². The van der Waals surface area contributed by atoms with Crippen LogP contribution in [0.1, 0.15) is 57.9 Å². The summed E-state index contributed by atoms with van der Waals surface area (Å²) in [7, 11) is 0. The van der Waals surface area contributed by atoms with E-state index in [1.807, 2.05) is 6.07 Å². The molecule has 0 amide bonds. The second kappa shape index (κ2) is 4.79. The van der Waals surface area contributed by atoms with Crippen molar-refractivity contribution in [3.63, 3.8) is 0 Å². The Hall–Kier alpha value is -1.42. The summed E-state index contributed by atoms with van der Waals surface area (Å²) < 4.78 is 0. The molecule has 0 saturated heterocycles. The molecule has 4 nitrogen and oxygen atoms in total. The van der Waals surface area contributed by atoms with Gasteiger partial charge in [-0.15, -0.1) is 0 Å².